The molecule has 2 rings (SSSR count). The molecule has 1 fully saturated rings. The van der Waals surface area contributed by atoms with Crippen molar-refractivity contribution < 1.29 is 0 Å². The maximum Gasteiger partial charge on any atom is 0.0946 e. The molecule has 0 spiro atoms. The van der Waals surface area contributed by atoms with Crippen molar-refractivity contribution in [2.45, 2.75) is 38.4 Å². The van der Waals surface area contributed by atoms with Crippen molar-refractivity contribution in [2.24, 2.45) is 0 Å². The molecular weight excluding hydrogens is 206 g/mol. The number of aromatic nitrogens is 2. The lowest BCUT2D eigenvalue weighted by Crippen LogP contribution is -2.41. The molecule has 1 aliphatic rings. The van der Waals surface area contributed by atoms with Crippen molar-refractivity contribution >= 4 is 11.8 Å². The van der Waals surface area contributed by atoms with E-state index in [1.165, 1.54) is 24.3 Å². The molecule has 1 aromatic heterocycles. The Kier molecular flexibility index (Phi) is 4.09. The molecule has 84 valence electrons. The first kappa shape index (κ1) is 11.0. The lowest BCUT2D eigenvalue weighted by molar-refractivity contribution is 0.406. The zero-order valence-corrected chi connectivity index (χ0v) is 10.0. The van der Waals surface area contributed by atoms with Gasteiger partial charge in [0.15, 0.2) is 0 Å². The van der Waals surface area contributed by atoms with E-state index in [1.54, 1.807) is 0 Å². The summed E-state index contributed by atoms with van der Waals surface area (Å²) in [5.74, 6) is 2.61. The van der Waals surface area contributed by atoms with Gasteiger partial charge in [-0.15, -0.1) is 0 Å². The smallest absolute Gasteiger partial charge is 0.0946 e. The fourth-order valence-electron chi connectivity index (χ4n) is 2.04. The molecule has 1 N–H and O–H groups in total. The Balaban J connectivity index is 1.74. The Labute approximate surface area is 95.7 Å². The predicted molar refractivity (Wildman–Crippen MR) is 65.2 cm³/mol. The van der Waals surface area contributed by atoms with Crippen molar-refractivity contribution in [1.29, 1.82) is 0 Å². The second-order valence-corrected chi connectivity index (χ2v) is 5.39. The van der Waals surface area contributed by atoms with Crippen molar-refractivity contribution in [2.75, 3.05) is 11.5 Å². The summed E-state index contributed by atoms with van der Waals surface area (Å²) < 4.78 is 2.13. The van der Waals surface area contributed by atoms with E-state index in [-0.39, 0.29) is 0 Å². The van der Waals surface area contributed by atoms with Crippen LogP contribution in [0.15, 0.2) is 18.7 Å². The number of rotatable bonds is 4. The number of hydrogen-bond donors (Lipinski definition) is 1. The van der Waals surface area contributed by atoms with E-state index in [0.717, 1.165) is 6.54 Å². The molecule has 0 aromatic carbocycles. The maximum atomic E-state index is 4.05. The van der Waals surface area contributed by atoms with E-state index >= 15 is 0 Å². The lowest BCUT2D eigenvalue weighted by atomic mass is 10.1. The third-order valence-electron chi connectivity index (χ3n) is 2.72. The van der Waals surface area contributed by atoms with Gasteiger partial charge in [0.1, 0.15) is 0 Å². The Bertz CT molecular complexity index is 267. The molecule has 0 radical (unpaired) electrons. The first-order valence-corrected chi connectivity index (χ1v) is 6.79. The molecule has 2 heterocycles. The summed E-state index contributed by atoms with van der Waals surface area (Å²) in [5, 5.41) is 3.69. The molecule has 1 aliphatic heterocycles. The minimum Gasteiger partial charge on any atom is -0.336 e. The Morgan fingerprint density at radius 2 is 2.60 bits per heavy atom. The molecule has 1 saturated heterocycles. The van der Waals surface area contributed by atoms with Crippen LogP contribution in [-0.2, 0) is 6.54 Å². The van der Waals surface area contributed by atoms with E-state index in [0.29, 0.717) is 12.1 Å². The monoisotopic (exact) mass is 225 g/mol. The van der Waals surface area contributed by atoms with Crippen LogP contribution in [0.25, 0.3) is 0 Å². The molecule has 15 heavy (non-hydrogen) atoms. The highest BCUT2D eigenvalue weighted by Crippen LogP contribution is 2.17. The van der Waals surface area contributed by atoms with Crippen LogP contribution >= 0.6 is 11.8 Å². The second-order valence-electron chi connectivity index (χ2n) is 4.24. The van der Waals surface area contributed by atoms with Crippen LogP contribution < -0.4 is 5.32 Å². The number of nitrogens with one attached hydrogen (secondary N) is 1. The number of hydrogen-bond acceptors (Lipinski definition) is 3. The van der Waals surface area contributed by atoms with Crippen LogP contribution in [0.4, 0.5) is 0 Å². The van der Waals surface area contributed by atoms with Gasteiger partial charge in [0.2, 0.25) is 0 Å². The number of nitrogens with zero attached hydrogens (tertiary/aromatic N) is 2. The molecule has 0 saturated carbocycles. The SMILES string of the molecule is CC(Cn1ccnc1)NC1CCCSC1. The van der Waals surface area contributed by atoms with E-state index in [2.05, 4.69) is 33.6 Å². The fourth-order valence-corrected chi connectivity index (χ4v) is 3.12. The first-order chi connectivity index (χ1) is 7.34. The summed E-state index contributed by atoms with van der Waals surface area (Å²) in [7, 11) is 0. The third-order valence-corrected chi connectivity index (χ3v) is 3.94. The summed E-state index contributed by atoms with van der Waals surface area (Å²) in [5.41, 5.74) is 0. The molecule has 0 bridgehead atoms. The average molecular weight is 225 g/mol. The molecule has 2 atom stereocenters. The van der Waals surface area contributed by atoms with Crippen LogP contribution in [0.5, 0.6) is 0 Å². The van der Waals surface area contributed by atoms with Crippen LogP contribution in [0.3, 0.4) is 0 Å². The lowest BCUT2D eigenvalue weighted by Gasteiger charge is -2.26. The Hall–Kier alpha value is -0.480. The molecule has 0 amide bonds. The van der Waals surface area contributed by atoms with Gasteiger partial charge in [0.25, 0.3) is 0 Å². The van der Waals surface area contributed by atoms with Crippen molar-refractivity contribution in [3.05, 3.63) is 18.7 Å². The average Bonchev–Trinajstić information content (AvgIpc) is 2.71. The summed E-state index contributed by atoms with van der Waals surface area (Å²) >= 11 is 2.07. The van der Waals surface area contributed by atoms with Gasteiger partial charge in [-0.3, -0.25) is 0 Å². The van der Waals surface area contributed by atoms with Gasteiger partial charge in [-0.25, -0.2) is 4.98 Å². The third kappa shape index (κ3) is 3.54. The van der Waals surface area contributed by atoms with Gasteiger partial charge in [0.05, 0.1) is 6.33 Å². The van der Waals surface area contributed by atoms with Gasteiger partial charge in [-0.1, -0.05) is 0 Å². The van der Waals surface area contributed by atoms with E-state index in [9.17, 15) is 0 Å². The van der Waals surface area contributed by atoms with E-state index in [4.69, 9.17) is 0 Å². The Morgan fingerprint density at radius 1 is 1.67 bits per heavy atom. The van der Waals surface area contributed by atoms with Gasteiger partial charge < -0.3 is 9.88 Å². The van der Waals surface area contributed by atoms with Gasteiger partial charge >= 0.3 is 0 Å². The second kappa shape index (κ2) is 5.56. The van der Waals surface area contributed by atoms with Crippen LogP contribution in [0.1, 0.15) is 19.8 Å². The molecule has 0 aliphatic carbocycles. The Morgan fingerprint density at radius 3 is 3.27 bits per heavy atom. The highest BCUT2D eigenvalue weighted by atomic mass is 32.2. The van der Waals surface area contributed by atoms with Crippen molar-refractivity contribution in [3.8, 4) is 0 Å². The van der Waals surface area contributed by atoms with Crippen LogP contribution in [-0.4, -0.2) is 33.1 Å². The zero-order valence-electron chi connectivity index (χ0n) is 9.22. The molecule has 4 heteroatoms. The predicted octanol–water partition coefficient (Wildman–Crippen LogP) is 1.76. The minimum absolute atomic E-state index is 0.530. The number of thioether (sulfide) groups is 1. The summed E-state index contributed by atoms with van der Waals surface area (Å²) in [4.78, 5) is 4.05. The van der Waals surface area contributed by atoms with Gasteiger partial charge in [0, 0.05) is 36.8 Å². The topological polar surface area (TPSA) is 29.9 Å². The summed E-state index contributed by atoms with van der Waals surface area (Å²) in [6.45, 7) is 3.26. The normalized spacial score (nSPS) is 23.9. The molecular formula is C11H19N3S. The first-order valence-electron chi connectivity index (χ1n) is 5.64. The highest BCUT2D eigenvalue weighted by molar-refractivity contribution is 7.99. The van der Waals surface area contributed by atoms with Crippen molar-refractivity contribution in [3.63, 3.8) is 0 Å². The molecule has 1 aromatic rings. The summed E-state index contributed by atoms with van der Waals surface area (Å²) in [6, 6.07) is 1.24. The fraction of sp³-hybridized carbons (Fsp3) is 0.727. The number of imidazole rings is 1. The van der Waals surface area contributed by atoms with Crippen molar-refractivity contribution in [1.82, 2.24) is 14.9 Å². The minimum atomic E-state index is 0.530. The highest BCUT2D eigenvalue weighted by Gasteiger charge is 2.15. The summed E-state index contributed by atoms with van der Waals surface area (Å²) in [6.07, 6.45) is 8.44. The van der Waals surface area contributed by atoms with E-state index in [1.807, 2.05) is 18.7 Å². The zero-order chi connectivity index (χ0) is 10.5. The maximum absolute atomic E-state index is 4.05. The largest absolute Gasteiger partial charge is 0.336 e. The quantitative estimate of drug-likeness (QED) is 0.847. The molecule has 2 unspecified atom stereocenters. The van der Waals surface area contributed by atoms with Gasteiger partial charge in [-0.2, -0.15) is 11.8 Å². The van der Waals surface area contributed by atoms with E-state index < -0.39 is 0 Å². The standard InChI is InChI=1S/C11H19N3S/c1-10(7-14-5-4-12-9-14)13-11-3-2-6-15-8-11/h4-5,9-11,13H,2-3,6-8H2,1H3. The van der Waals surface area contributed by atoms with Crippen LogP contribution in [0, 0.1) is 0 Å². The van der Waals surface area contributed by atoms with Gasteiger partial charge in [-0.05, 0) is 25.5 Å². The van der Waals surface area contributed by atoms with Crippen LogP contribution in [0.2, 0.25) is 0 Å². The molecule has 3 nitrogen and oxygen atoms in total.